The first-order chi connectivity index (χ1) is 7.09. The second-order valence-corrected chi connectivity index (χ2v) is 3.95. The Hall–Kier alpha value is -1.64. The van der Waals surface area contributed by atoms with Gasteiger partial charge in [-0.3, -0.25) is 14.5 Å². The van der Waals surface area contributed by atoms with Crippen molar-refractivity contribution >= 4 is 11.8 Å². The van der Waals surface area contributed by atoms with Gasteiger partial charge in [0.1, 0.15) is 0 Å². The second kappa shape index (κ2) is 3.50. The van der Waals surface area contributed by atoms with Gasteiger partial charge in [0.05, 0.1) is 6.42 Å². The van der Waals surface area contributed by atoms with Crippen molar-refractivity contribution < 1.29 is 9.59 Å². The highest BCUT2D eigenvalue weighted by Gasteiger charge is 2.28. The van der Waals surface area contributed by atoms with Crippen molar-refractivity contribution in [3.8, 4) is 0 Å². The highest BCUT2D eigenvalue weighted by molar-refractivity contribution is 6.10. The molecule has 0 aromatic rings. The first-order valence-corrected chi connectivity index (χ1v) is 5.00. The summed E-state index contributed by atoms with van der Waals surface area (Å²) in [7, 11) is 1.53. The van der Waals surface area contributed by atoms with E-state index in [1.54, 1.807) is 0 Å². The number of nitrogens with zero attached hydrogens (tertiary/aromatic N) is 1. The Kier molecular flexibility index (Phi) is 2.31. The number of allylic oxidation sites excluding steroid dienone is 3. The molecule has 1 aliphatic heterocycles. The normalized spacial score (nSPS) is 25.7. The molecule has 1 atom stereocenters. The molecular formula is C12H13NO2. The Morgan fingerprint density at radius 3 is 2.67 bits per heavy atom. The van der Waals surface area contributed by atoms with Gasteiger partial charge in [0, 0.05) is 12.6 Å². The van der Waals surface area contributed by atoms with Gasteiger partial charge in [-0.1, -0.05) is 31.2 Å². The van der Waals surface area contributed by atoms with Crippen LogP contribution in [0.3, 0.4) is 0 Å². The highest BCUT2D eigenvalue weighted by Crippen LogP contribution is 2.24. The topological polar surface area (TPSA) is 37.4 Å². The lowest BCUT2D eigenvalue weighted by Crippen LogP contribution is -2.37. The summed E-state index contributed by atoms with van der Waals surface area (Å²) in [5, 5.41) is 0. The maximum Gasteiger partial charge on any atom is 0.260 e. The van der Waals surface area contributed by atoms with E-state index in [1.165, 1.54) is 11.9 Å². The fraction of sp³-hybridized carbons (Fsp3) is 0.333. The molecule has 0 bridgehead atoms. The first-order valence-electron chi connectivity index (χ1n) is 5.00. The maximum atomic E-state index is 11.8. The molecule has 15 heavy (non-hydrogen) atoms. The smallest absolute Gasteiger partial charge is 0.260 e. The van der Waals surface area contributed by atoms with Crippen LogP contribution in [0.25, 0.3) is 0 Å². The second-order valence-electron chi connectivity index (χ2n) is 3.95. The van der Waals surface area contributed by atoms with Gasteiger partial charge in [0.25, 0.3) is 5.91 Å². The zero-order valence-corrected chi connectivity index (χ0v) is 8.86. The predicted molar refractivity (Wildman–Crippen MR) is 56.9 cm³/mol. The van der Waals surface area contributed by atoms with Gasteiger partial charge in [-0.2, -0.15) is 0 Å². The Morgan fingerprint density at radius 2 is 1.93 bits per heavy atom. The van der Waals surface area contributed by atoms with Gasteiger partial charge in [-0.25, -0.2) is 0 Å². The van der Waals surface area contributed by atoms with Crippen molar-refractivity contribution in [1.29, 1.82) is 0 Å². The van der Waals surface area contributed by atoms with E-state index >= 15 is 0 Å². The van der Waals surface area contributed by atoms with Crippen molar-refractivity contribution in [2.24, 2.45) is 5.92 Å². The van der Waals surface area contributed by atoms with E-state index in [0.717, 1.165) is 5.57 Å². The molecule has 0 saturated heterocycles. The monoisotopic (exact) mass is 203 g/mol. The molecule has 3 nitrogen and oxygen atoms in total. The number of likely N-dealkylation sites (N-methyl/N-ethyl adjacent to an activating group) is 1. The van der Waals surface area contributed by atoms with Crippen molar-refractivity contribution in [2.75, 3.05) is 7.05 Å². The van der Waals surface area contributed by atoms with E-state index in [4.69, 9.17) is 0 Å². The molecule has 0 N–H and O–H groups in total. The van der Waals surface area contributed by atoms with Crippen LogP contribution in [0.2, 0.25) is 0 Å². The Labute approximate surface area is 88.8 Å². The molecule has 1 unspecified atom stereocenters. The molecule has 2 rings (SSSR count). The van der Waals surface area contributed by atoms with E-state index in [0.29, 0.717) is 17.9 Å². The molecule has 2 aliphatic rings. The Bertz CT molecular complexity index is 415. The molecule has 0 radical (unpaired) electrons. The van der Waals surface area contributed by atoms with Crippen LogP contribution in [0.4, 0.5) is 0 Å². The molecule has 1 aliphatic carbocycles. The molecular weight excluding hydrogens is 190 g/mol. The van der Waals surface area contributed by atoms with Crippen LogP contribution in [0.5, 0.6) is 0 Å². The fourth-order valence-corrected chi connectivity index (χ4v) is 1.72. The van der Waals surface area contributed by atoms with Crippen molar-refractivity contribution in [3.63, 3.8) is 0 Å². The lowest BCUT2D eigenvalue weighted by molar-refractivity contribution is -0.141. The van der Waals surface area contributed by atoms with Crippen LogP contribution in [-0.2, 0) is 9.59 Å². The maximum absolute atomic E-state index is 11.8. The predicted octanol–water partition coefficient (Wildman–Crippen LogP) is 1.43. The minimum atomic E-state index is -0.198. The van der Waals surface area contributed by atoms with Crippen LogP contribution in [0, 0.1) is 5.92 Å². The summed E-state index contributed by atoms with van der Waals surface area (Å²) in [6.07, 6.45) is 8.02. The quantitative estimate of drug-likeness (QED) is 0.558. The molecule has 78 valence electrons. The van der Waals surface area contributed by atoms with Crippen LogP contribution < -0.4 is 0 Å². The average Bonchev–Trinajstić information content (AvgIpc) is 2.38. The summed E-state index contributed by atoms with van der Waals surface area (Å²) in [5.41, 5.74) is 1.49. The summed E-state index contributed by atoms with van der Waals surface area (Å²) in [6, 6.07) is 0. The standard InChI is InChI=1S/C12H13NO2/c1-8-3-5-9-7-11(14)13(2)12(15)10(9)6-4-8/h3-6,8H,7H2,1-2H3. The molecule has 0 saturated carbocycles. The third kappa shape index (κ3) is 1.65. The van der Waals surface area contributed by atoms with Gasteiger partial charge in [-0.05, 0) is 11.5 Å². The first kappa shape index (κ1) is 9.90. The van der Waals surface area contributed by atoms with Crippen LogP contribution in [0.15, 0.2) is 35.5 Å². The number of amides is 2. The molecule has 2 amide bonds. The van der Waals surface area contributed by atoms with Gasteiger partial charge >= 0.3 is 0 Å². The van der Waals surface area contributed by atoms with E-state index in [-0.39, 0.29) is 11.8 Å². The molecule has 0 spiro atoms. The number of hydrogen-bond acceptors (Lipinski definition) is 2. The van der Waals surface area contributed by atoms with E-state index in [1.807, 2.05) is 31.2 Å². The van der Waals surface area contributed by atoms with Gasteiger partial charge < -0.3 is 0 Å². The Morgan fingerprint density at radius 1 is 1.27 bits per heavy atom. The Balaban J connectivity index is 2.46. The lowest BCUT2D eigenvalue weighted by Gasteiger charge is -2.22. The molecule has 0 fully saturated rings. The van der Waals surface area contributed by atoms with Gasteiger partial charge in [0.15, 0.2) is 0 Å². The molecule has 3 heteroatoms. The van der Waals surface area contributed by atoms with Gasteiger partial charge in [-0.15, -0.1) is 0 Å². The van der Waals surface area contributed by atoms with E-state index < -0.39 is 0 Å². The number of carbonyl (C=O) groups excluding carboxylic acids is 2. The van der Waals surface area contributed by atoms with Crippen molar-refractivity contribution in [3.05, 3.63) is 35.5 Å². The largest absolute Gasteiger partial charge is 0.281 e. The summed E-state index contributed by atoms with van der Waals surface area (Å²) in [5.74, 6) is -0.0218. The van der Waals surface area contributed by atoms with Crippen LogP contribution in [-0.4, -0.2) is 23.8 Å². The summed E-state index contributed by atoms with van der Waals surface area (Å²) >= 11 is 0. The minimum absolute atomic E-state index is 0.133. The number of rotatable bonds is 0. The average molecular weight is 203 g/mol. The zero-order valence-electron chi connectivity index (χ0n) is 8.86. The summed E-state index contributed by atoms with van der Waals surface area (Å²) in [6.45, 7) is 2.04. The fourth-order valence-electron chi connectivity index (χ4n) is 1.72. The lowest BCUT2D eigenvalue weighted by atomic mass is 9.99. The van der Waals surface area contributed by atoms with Gasteiger partial charge in [0.2, 0.25) is 5.91 Å². The van der Waals surface area contributed by atoms with E-state index in [2.05, 4.69) is 0 Å². The third-order valence-corrected chi connectivity index (χ3v) is 2.76. The van der Waals surface area contributed by atoms with Crippen molar-refractivity contribution in [2.45, 2.75) is 13.3 Å². The number of carbonyl (C=O) groups is 2. The molecule has 0 aromatic carbocycles. The van der Waals surface area contributed by atoms with Crippen LogP contribution in [0.1, 0.15) is 13.3 Å². The minimum Gasteiger partial charge on any atom is -0.281 e. The van der Waals surface area contributed by atoms with Crippen LogP contribution >= 0.6 is 0 Å². The van der Waals surface area contributed by atoms with Crippen molar-refractivity contribution in [1.82, 2.24) is 4.90 Å². The third-order valence-electron chi connectivity index (χ3n) is 2.76. The number of hydrogen-bond donors (Lipinski definition) is 0. The molecule has 1 heterocycles. The summed E-state index contributed by atoms with van der Waals surface area (Å²) in [4.78, 5) is 24.4. The highest BCUT2D eigenvalue weighted by atomic mass is 16.2. The zero-order chi connectivity index (χ0) is 11.0. The number of imide groups is 1. The molecule has 0 aromatic heterocycles. The summed E-state index contributed by atoms with van der Waals surface area (Å²) < 4.78 is 0. The van der Waals surface area contributed by atoms with E-state index in [9.17, 15) is 9.59 Å². The SMILES string of the molecule is CC1C=CC2=C(C=C1)C(=O)N(C)C(=O)C2.